The van der Waals surface area contributed by atoms with E-state index in [2.05, 4.69) is 10.6 Å². The topological polar surface area (TPSA) is 67.4 Å². The van der Waals surface area contributed by atoms with Gasteiger partial charge in [0.15, 0.2) is 0 Å². The van der Waals surface area contributed by atoms with Crippen molar-refractivity contribution < 1.29 is 18.7 Å². The van der Waals surface area contributed by atoms with Gasteiger partial charge in [0.1, 0.15) is 17.5 Å². The summed E-state index contributed by atoms with van der Waals surface area (Å²) < 4.78 is 18.0. The molecule has 0 saturated heterocycles. The fourth-order valence-corrected chi connectivity index (χ4v) is 1.37. The molecule has 0 heterocycles. The Morgan fingerprint density at radius 3 is 2.50 bits per heavy atom. The number of nitrogens with one attached hydrogen (secondary N) is 2. The van der Waals surface area contributed by atoms with Crippen molar-refractivity contribution in [2.24, 2.45) is 0 Å². The lowest BCUT2D eigenvalue weighted by Gasteiger charge is -2.21. The van der Waals surface area contributed by atoms with E-state index in [-0.39, 0.29) is 0 Å². The Labute approximate surface area is 117 Å². The van der Waals surface area contributed by atoms with E-state index in [4.69, 9.17) is 4.74 Å². The largest absolute Gasteiger partial charge is 0.444 e. The molecule has 1 atom stereocenters. The smallest absolute Gasteiger partial charge is 0.408 e. The first kappa shape index (κ1) is 15.9. The van der Waals surface area contributed by atoms with Crippen molar-refractivity contribution in [1.82, 2.24) is 5.32 Å². The average Bonchev–Trinajstić information content (AvgIpc) is 2.25. The molecule has 0 saturated carbocycles. The molecule has 1 rings (SSSR count). The van der Waals surface area contributed by atoms with Crippen LogP contribution in [0.1, 0.15) is 27.7 Å². The molecule has 2 amide bonds. The molecule has 1 aromatic rings. The Balaban J connectivity index is 2.53. The highest BCUT2D eigenvalue weighted by molar-refractivity contribution is 5.96. The highest BCUT2D eigenvalue weighted by atomic mass is 19.1. The maximum absolute atomic E-state index is 13.0. The van der Waals surface area contributed by atoms with Gasteiger partial charge in [0.05, 0.1) is 0 Å². The number of carbonyl (C=O) groups excluding carboxylic acids is 2. The lowest BCUT2D eigenvalue weighted by atomic mass is 10.2. The fourth-order valence-electron chi connectivity index (χ4n) is 1.37. The number of rotatable bonds is 3. The van der Waals surface area contributed by atoms with Gasteiger partial charge in [0.25, 0.3) is 0 Å². The fraction of sp³-hybridized carbons (Fsp3) is 0.429. The van der Waals surface area contributed by atoms with Gasteiger partial charge in [0.2, 0.25) is 5.91 Å². The van der Waals surface area contributed by atoms with Crippen LogP contribution in [0.5, 0.6) is 0 Å². The molecule has 0 aliphatic heterocycles. The molecule has 0 bridgehead atoms. The van der Waals surface area contributed by atoms with Crippen LogP contribution in [-0.4, -0.2) is 23.6 Å². The van der Waals surface area contributed by atoms with Crippen molar-refractivity contribution in [2.75, 3.05) is 5.32 Å². The highest BCUT2D eigenvalue weighted by Crippen LogP contribution is 2.10. The van der Waals surface area contributed by atoms with E-state index in [1.165, 1.54) is 25.1 Å². The average molecular weight is 282 g/mol. The minimum absolute atomic E-state index is 0.327. The summed E-state index contributed by atoms with van der Waals surface area (Å²) in [5.74, 6) is -0.906. The number of benzene rings is 1. The molecule has 20 heavy (non-hydrogen) atoms. The van der Waals surface area contributed by atoms with Crippen LogP contribution < -0.4 is 10.6 Å². The van der Waals surface area contributed by atoms with E-state index in [1.807, 2.05) is 0 Å². The van der Waals surface area contributed by atoms with Gasteiger partial charge in [-0.3, -0.25) is 4.79 Å². The summed E-state index contributed by atoms with van der Waals surface area (Å²) in [6, 6.07) is 4.71. The van der Waals surface area contributed by atoms with Crippen molar-refractivity contribution in [1.29, 1.82) is 0 Å². The number of halogens is 1. The Bertz CT molecular complexity index is 497. The predicted octanol–water partition coefficient (Wildman–Crippen LogP) is 2.68. The minimum Gasteiger partial charge on any atom is -0.444 e. The van der Waals surface area contributed by atoms with Crippen molar-refractivity contribution in [3.05, 3.63) is 30.1 Å². The van der Waals surface area contributed by atoms with E-state index in [0.29, 0.717) is 5.69 Å². The second-order valence-electron chi connectivity index (χ2n) is 5.37. The summed E-state index contributed by atoms with van der Waals surface area (Å²) in [5, 5.41) is 4.91. The first-order valence-electron chi connectivity index (χ1n) is 6.23. The van der Waals surface area contributed by atoms with Crippen molar-refractivity contribution >= 4 is 17.7 Å². The molecule has 0 spiro atoms. The summed E-state index contributed by atoms with van der Waals surface area (Å²) >= 11 is 0. The number of anilines is 1. The van der Waals surface area contributed by atoms with Crippen LogP contribution in [0.15, 0.2) is 24.3 Å². The summed E-state index contributed by atoms with van der Waals surface area (Å²) in [7, 11) is 0. The highest BCUT2D eigenvalue weighted by Gasteiger charge is 2.21. The van der Waals surface area contributed by atoms with Crippen molar-refractivity contribution in [3.8, 4) is 0 Å². The molecule has 2 N–H and O–H groups in total. The van der Waals surface area contributed by atoms with Gasteiger partial charge in [0, 0.05) is 5.69 Å². The Morgan fingerprint density at radius 2 is 1.95 bits per heavy atom. The van der Waals surface area contributed by atoms with Gasteiger partial charge < -0.3 is 15.4 Å². The normalized spacial score (nSPS) is 12.4. The zero-order valence-electron chi connectivity index (χ0n) is 12.0. The number of alkyl carbamates (subject to hydrolysis) is 1. The monoisotopic (exact) mass is 282 g/mol. The van der Waals surface area contributed by atoms with E-state index in [9.17, 15) is 14.0 Å². The van der Waals surface area contributed by atoms with Crippen LogP contribution in [0.4, 0.5) is 14.9 Å². The molecule has 6 heteroatoms. The van der Waals surface area contributed by atoms with Crippen molar-refractivity contribution in [3.63, 3.8) is 0 Å². The van der Waals surface area contributed by atoms with Crippen LogP contribution >= 0.6 is 0 Å². The van der Waals surface area contributed by atoms with E-state index in [0.717, 1.165) is 0 Å². The third-order valence-corrected chi connectivity index (χ3v) is 2.22. The molecule has 5 nitrogen and oxygen atoms in total. The van der Waals surface area contributed by atoms with Crippen LogP contribution in [0.25, 0.3) is 0 Å². The SMILES string of the molecule is CC(NC(=O)OC(C)(C)C)C(=O)Nc1cccc(F)c1. The third kappa shape index (κ3) is 5.69. The van der Waals surface area contributed by atoms with Crippen LogP contribution in [0.3, 0.4) is 0 Å². The van der Waals surface area contributed by atoms with E-state index < -0.39 is 29.5 Å². The van der Waals surface area contributed by atoms with Crippen LogP contribution in [-0.2, 0) is 9.53 Å². The summed E-state index contributed by atoms with van der Waals surface area (Å²) in [4.78, 5) is 23.3. The van der Waals surface area contributed by atoms with Gasteiger partial charge >= 0.3 is 6.09 Å². The standard InChI is InChI=1S/C14H19FN2O3/c1-9(16-13(19)20-14(2,3)4)12(18)17-11-7-5-6-10(15)8-11/h5-9H,1-4H3,(H,16,19)(H,17,18). The Hall–Kier alpha value is -2.11. The number of hydrogen-bond donors (Lipinski definition) is 2. The molecule has 1 unspecified atom stereocenters. The number of carbonyl (C=O) groups is 2. The summed E-state index contributed by atoms with van der Waals surface area (Å²) in [5.41, 5.74) is -0.309. The van der Waals surface area contributed by atoms with Gasteiger partial charge in [-0.15, -0.1) is 0 Å². The molecular formula is C14H19FN2O3. The molecule has 0 fully saturated rings. The molecule has 1 aromatic carbocycles. The maximum Gasteiger partial charge on any atom is 0.408 e. The zero-order valence-corrected chi connectivity index (χ0v) is 12.0. The predicted molar refractivity (Wildman–Crippen MR) is 73.9 cm³/mol. The summed E-state index contributed by atoms with van der Waals surface area (Å²) in [6.45, 7) is 6.69. The Kier molecular flexibility index (Phi) is 5.07. The first-order chi connectivity index (χ1) is 9.17. The molecule has 0 aromatic heterocycles. The number of hydrogen-bond acceptors (Lipinski definition) is 3. The van der Waals surface area contributed by atoms with Crippen molar-refractivity contribution in [2.45, 2.75) is 39.3 Å². The first-order valence-corrected chi connectivity index (χ1v) is 6.23. The quantitative estimate of drug-likeness (QED) is 0.895. The lowest BCUT2D eigenvalue weighted by molar-refractivity contribution is -0.117. The Morgan fingerprint density at radius 1 is 1.30 bits per heavy atom. The van der Waals surface area contributed by atoms with Gasteiger partial charge in [-0.25, -0.2) is 9.18 Å². The third-order valence-electron chi connectivity index (χ3n) is 2.22. The van der Waals surface area contributed by atoms with E-state index >= 15 is 0 Å². The second kappa shape index (κ2) is 6.36. The lowest BCUT2D eigenvalue weighted by Crippen LogP contribution is -2.43. The van der Waals surface area contributed by atoms with Gasteiger partial charge in [-0.2, -0.15) is 0 Å². The minimum atomic E-state index is -0.798. The maximum atomic E-state index is 13.0. The molecule has 0 aliphatic rings. The molecule has 0 radical (unpaired) electrons. The van der Waals surface area contributed by atoms with Crippen LogP contribution in [0.2, 0.25) is 0 Å². The molecular weight excluding hydrogens is 263 g/mol. The van der Waals surface area contributed by atoms with Crippen LogP contribution in [0, 0.1) is 5.82 Å². The zero-order chi connectivity index (χ0) is 15.3. The van der Waals surface area contributed by atoms with Gasteiger partial charge in [-0.1, -0.05) is 6.07 Å². The van der Waals surface area contributed by atoms with Gasteiger partial charge in [-0.05, 0) is 45.9 Å². The molecule has 110 valence electrons. The van der Waals surface area contributed by atoms with E-state index in [1.54, 1.807) is 26.8 Å². The number of ether oxygens (including phenoxy) is 1. The molecule has 0 aliphatic carbocycles. The number of amides is 2. The summed E-state index contributed by atoms with van der Waals surface area (Å²) in [6.07, 6.45) is -0.681. The second-order valence-corrected chi connectivity index (χ2v) is 5.37.